The molecular weight excluding hydrogens is 370 g/mol. The van der Waals surface area contributed by atoms with E-state index in [4.69, 9.17) is 22.1 Å². The van der Waals surface area contributed by atoms with Crippen LogP contribution in [0.3, 0.4) is 0 Å². The van der Waals surface area contributed by atoms with Gasteiger partial charge in [0.1, 0.15) is 5.25 Å². The third-order valence-electron chi connectivity index (χ3n) is 4.37. The second kappa shape index (κ2) is 6.79. The van der Waals surface area contributed by atoms with Crippen molar-refractivity contribution in [2.24, 2.45) is 5.73 Å². The first-order chi connectivity index (χ1) is 12.6. The zero-order chi connectivity index (χ0) is 18.1. The molecule has 0 bridgehead atoms. The van der Waals surface area contributed by atoms with Crippen molar-refractivity contribution in [3.05, 3.63) is 76.9 Å². The highest BCUT2D eigenvalue weighted by molar-refractivity contribution is 8.03. The number of amides is 1. The lowest BCUT2D eigenvalue weighted by molar-refractivity contribution is -0.129. The van der Waals surface area contributed by atoms with Crippen molar-refractivity contribution < 1.29 is 9.53 Å². The molecule has 5 nitrogen and oxygen atoms in total. The second-order valence-electron chi connectivity index (χ2n) is 5.99. The van der Waals surface area contributed by atoms with Crippen LogP contribution < -0.4 is 5.73 Å². The van der Waals surface area contributed by atoms with Crippen molar-refractivity contribution in [3.63, 3.8) is 0 Å². The summed E-state index contributed by atoms with van der Waals surface area (Å²) < 4.78 is 8.19. The number of para-hydroxylation sites is 2. The number of fused-ring (bicyclic) bond motifs is 1. The number of aromatic nitrogens is 2. The number of ether oxygens (including phenoxy) is 1. The first-order valence-electron chi connectivity index (χ1n) is 8.03. The number of imidazole rings is 1. The van der Waals surface area contributed by atoms with Crippen LogP contribution in [-0.4, -0.2) is 20.7 Å². The summed E-state index contributed by atoms with van der Waals surface area (Å²) in [5.41, 5.74) is 7.30. The van der Waals surface area contributed by atoms with Crippen LogP contribution in [0.15, 0.2) is 66.3 Å². The quantitative estimate of drug-likeness (QED) is 0.727. The van der Waals surface area contributed by atoms with Gasteiger partial charge in [0, 0.05) is 5.02 Å². The van der Waals surface area contributed by atoms with Gasteiger partial charge in [0.05, 0.1) is 24.0 Å². The predicted molar refractivity (Wildman–Crippen MR) is 104 cm³/mol. The standard InChI is InChI=1S/C19H16ClN3O2S/c20-14-7-5-13(6-8-14)11-25-19(9-10-26-17(19)18(21)24)23-12-22-15-3-1-2-4-16(15)23/h1-10,12,17H,11H2,(H2,21,24). The average Bonchev–Trinajstić information content (AvgIpc) is 3.26. The summed E-state index contributed by atoms with van der Waals surface area (Å²) in [7, 11) is 0. The van der Waals surface area contributed by atoms with Gasteiger partial charge in [0.15, 0.2) is 5.72 Å². The van der Waals surface area contributed by atoms with Crippen LogP contribution in [0.4, 0.5) is 0 Å². The number of benzene rings is 2. The van der Waals surface area contributed by atoms with E-state index in [2.05, 4.69) is 4.98 Å². The Kier molecular flexibility index (Phi) is 4.48. The minimum absolute atomic E-state index is 0.304. The van der Waals surface area contributed by atoms with Crippen molar-refractivity contribution in [1.29, 1.82) is 0 Å². The zero-order valence-electron chi connectivity index (χ0n) is 13.7. The van der Waals surface area contributed by atoms with Gasteiger partial charge in [-0.2, -0.15) is 0 Å². The third-order valence-corrected chi connectivity index (χ3v) is 5.76. The SMILES string of the molecule is NC(=O)C1SC=CC1(OCc1ccc(Cl)cc1)n1cnc2ccccc21. The molecule has 7 heteroatoms. The molecule has 1 amide bonds. The molecule has 2 N–H and O–H groups in total. The topological polar surface area (TPSA) is 70.1 Å². The monoisotopic (exact) mass is 385 g/mol. The van der Waals surface area contributed by atoms with Crippen LogP contribution in [-0.2, 0) is 21.9 Å². The van der Waals surface area contributed by atoms with Gasteiger partial charge >= 0.3 is 0 Å². The highest BCUT2D eigenvalue weighted by Gasteiger charge is 2.47. The van der Waals surface area contributed by atoms with Crippen LogP contribution in [0.1, 0.15) is 5.56 Å². The number of hydrogen-bond donors (Lipinski definition) is 1. The maximum atomic E-state index is 12.1. The number of hydrogen-bond acceptors (Lipinski definition) is 4. The maximum Gasteiger partial charge on any atom is 0.236 e. The first kappa shape index (κ1) is 17.1. The van der Waals surface area contributed by atoms with E-state index in [1.807, 2.05) is 64.6 Å². The van der Waals surface area contributed by atoms with Crippen LogP contribution in [0.25, 0.3) is 11.0 Å². The lowest BCUT2D eigenvalue weighted by Crippen LogP contribution is -2.48. The first-order valence-corrected chi connectivity index (χ1v) is 9.36. The highest BCUT2D eigenvalue weighted by atomic mass is 35.5. The third kappa shape index (κ3) is 2.90. The Balaban J connectivity index is 1.76. The molecule has 0 aliphatic carbocycles. The maximum absolute atomic E-state index is 12.1. The van der Waals surface area contributed by atoms with Crippen LogP contribution in [0.5, 0.6) is 0 Å². The molecule has 1 aromatic heterocycles. The molecule has 1 aliphatic heterocycles. The van der Waals surface area contributed by atoms with E-state index >= 15 is 0 Å². The van der Waals surface area contributed by atoms with E-state index in [1.54, 1.807) is 6.33 Å². The van der Waals surface area contributed by atoms with E-state index in [-0.39, 0.29) is 0 Å². The van der Waals surface area contributed by atoms with Gasteiger partial charge in [0.2, 0.25) is 5.91 Å². The average molecular weight is 386 g/mol. The molecule has 2 heterocycles. The van der Waals surface area contributed by atoms with Gasteiger partial charge in [-0.1, -0.05) is 35.9 Å². The Labute approximate surface area is 159 Å². The van der Waals surface area contributed by atoms with Gasteiger partial charge in [-0.05, 0) is 41.3 Å². The summed E-state index contributed by atoms with van der Waals surface area (Å²) in [6.45, 7) is 0.304. The second-order valence-corrected chi connectivity index (χ2v) is 7.44. The van der Waals surface area contributed by atoms with Gasteiger partial charge in [-0.25, -0.2) is 4.98 Å². The molecular formula is C19H16ClN3O2S. The molecule has 0 saturated carbocycles. The van der Waals surface area contributed by atoms with Gasteiger partial charge in [-0.3, -0.25) is 9.36 Å². The molecule has 1 aliphatic rings. The summed E-state index contributed by atoms with van der Waals surface area (Å²) in [5.74, 6) is -0.436. The van der Waals surface area contributed by atoms with E-state index < -0.39 is 16.9 Å². The Morgan fingerprint density at radius 1 is 1.27 bits per heavy atom. The number of carbonyl (C=O) groups excluding carboxylic acids is 1. The van der Waals surface area contributed by atoms with Gasteiger partial charge in [0.25, 0.3) is 0 Å². The van der Waals surface area contributed by atoms with Crippen molar-refractivity contribution in [3.8, 4) is 0 Å². The van der Waals surface area contributed by atoms with E-state index in [0.29, 0.717) is 11.6 Å². The van der Waals surface area contributed by atoms with Crippen molar-refractivity contribution in [2.45, 2.75) is 17.6 Å². The molecule has 26 heavy (non-hydrogen) atoms. The molecule has 0 spiro atoms. The van der Waals surface area contributed by atoms with Crippen molar-refractivity contribution in [2.75, 3.05) is 0 Å². The van der Waals surface area contributed by atoms with Crippen molar-refractivity contribution >= 4 is 40.3 Å². The summed E-state index contributed by atoms with van der Waals surface area (Å²) in [6, 6.07) is 15.1. The molecule has 2 unspecified atom stereocenters. The minimum Gasteiger partial charge on any atom is -0.369 e. The van der Waals surface area contributed by atoms with Crippen LogP contribution >= 0.6 is 23.4 Å². The summed E-state index contributed by atoms with van der Waals surface area (Å²) in [5, 5.41) is 1.93. The molecule has 2 atom stereocenters. The number of primary amides is 1. The Morgan fingerprint density at radius 3 is 2.81 bits per heavy atom. The fraction of sp³-hybridized carbons (Fsp3) is 0.158. The lowest BCUT2D eigenvalue weighted by atomic mass is 10.1. The lowest BCUT2D eigenvalue weighted by Gasteiger charge is -2.34. The van der Waals surface area contributed by atoms with E-state index in [0.717, 1.165) is 16.6 Å². The smallest absolute Gasteiger partial charge is 0.236 e. The normalized spacial score (nSPS) is 22.1. The summed E-state index contributed by atoms with van der Waals surface area (Å²) in [6.07, 6.45) is 3.57. The zero-order valence-corrected chi connectivity index (χ0v) is 15.3. The van der Waals surface area contributed by atoms with Gasteiger partial charge in [-0.15, -0.1) is 11.8 Å². The number of carbonyl (C=O) groups is 1. The predicted octanol–water partition coefficient (Wildman–Crippen LogP) is 3.67. The molecule has 4 rings (SSSR count). The number of nitrogens with zero attached hydrogens (tertiary/aromatic N) is 2. The molecule has 0 fully saturated rings. The minimum atomic E-state index is -1.04. The summed E-state index contributed by atoms with van der Waals surface area (Å²) >= 11 is 7.30. The number of nitrogens with two attached hydrogens (primary N) is 1. The Hall–Kier alpha value is -2.28. The molecule has 3 aromatic rings. The number of halogens is 1. The van der Waals surface area contributed by atoms with Gasteiger partial charge < -0.3 is 10.5 Å². The summed E-state index contributed by atoms with van der Waals surface area (Å²) in [4.78, 5) is 16.6. The molecule has 2 aromatic carbocycles. The van der Waals surface area contributed by atoms with Crippen molar-refractivity contribution in [1.82, 2.24) is 9.55 Å². The fourth-order valence-corrected chi connectivity index (χ4v) is 4.23. The molecule has 0 saturated heterocycles. The Morgan fingerprint density at radius 2 is 2.04 bits per heavy atom. The number of thioether (sulfide) groups is 1. The van der Waals surface area contributed by atoms with E-state index in [9.17, 15) is 4.79 Å². The molecule has 0 radical (unpaired) electrons. The fourth-order valence-electron chi connectivity index (χ4n) is 3.09. The van der Waals surface area contributed by atoms with E-state index in [1.165, 1.54) is 11.8 Å². The van der Waals surface area contributed by atoms with Crippen LogP contribution in [0, 0.1) is 0 Å². The largest absolute Gasteiger partial charge is 0.369 e. The number of rotatable bonds is 5. The van der Waals surface area contributed by atoms with Crippen LogP contribution in [0.2, 0.25) is 5.02 Å². The highest BCUT2D eigenvalue weighted by Crippen LogP contribution is 2.42. The Bertz CT molecular complexity index is 986. The molecule has 132 valence electrons.